The maximum absolute atomic E-state index is 12.5. The minimum atomic E-state index is -0.0629. The zero-order valence-corrected chi connectivity index (χ0v) is 15.4. The first-order valence-electron chi connectivity index (χ1n) is 8.74. The summed E-state index contributed by atoms with van der Waals surface area (Å²) in [5.74, 6) is -0.0629. The molecule has 0 fully saturated rings. The van der Waals surface area contributed by atoms with Crippen molar-refractivity contribution in [2.45, 2.75) is 35.7 Å². The van der Waals surface area contributed by atoms with E-state index in [-0.39, 0.29) is 5.91 Å². The number of aryl methyl sites for hydroxylation is 3. The highest BCUT2D eigenvalue weighted by Gasteiger charge is 2.13. The number of carbonyl (C=O) groups is 1. The number of hydrogen-bond acceptors (Lipinski definition) is 4. The van der Waals surface area contributed by atoms with Gasteiger partial charge in [-0.15, -0.1) is 10.2 Å². The zero-order chi connectivity index (χ0) is 17.9. The Morgan fingerprint density at radius 3 is 2.58 bits per heavy atom. The molecular weight excluding hydrogens is 344 g/mol. The van der Waals surface area contributed by atoms with E-state index in [0.717, 1.165) is 34.1 Å². The summed E-state index contributed by atoms with van der Waals surface area (Å²) in [6.45, 7) is 0. The van der Waals surface area contributed by atoms with Gasteiger partial charge in [-0.1, -0.05) is 6.07 Å². The molecule has 0 saturated carbocycles. The van der Waals surface area contributed by atoms with Crippen molar-refractivity contribution in [1.82, 2.24) is 14.8 Å². The zero-order valence-electron chi connectivity index (χ0n) is 14.6. The molecule has 3 aromatic rings. The predicted octanol–water partition coefficient (Wildman–Crippen LogP) is 4.10. The lowest BCUT2D eigenvalue weighted by Gasteiger charge is -2.16. The van der Waals surface area contributed by atoms with Crippen LogP contribution in [0.15, 0.2) is 58.8 Å². The number of hydrogen-bond donors (Lipinski definition) is 1. The number of aromatic nitrogens is 3. The van der Waals surface area contributed by atoms with Crippen LogP contribution in [0.5, 0.6) is 0 Å². The lowest BCUT2D eigenvalue weighted by molar-refractivity contribution is 0.102. The number of benzene rings is 2. The van der Waals surface area contributed by atoms with Gasteiger partial charge in [-0.3, -0.25) is 4.79 Å². The molecular formula is C20H20N4OS. The van der Waals surface area contributed by atoms with Crippen molar-refractivity contribution in [1.29, 1.82) is 0 Å². The lowest BCUT2D eigenvalue weighted by atomic mass is 9.90. The molecule has 6 heteroatoms. The van der Waals surface area contributed by atoms with Crippen molar-refractivity contribution in [2.75, 3.05) is 5.32 Å². The van der Waals surface area contributed by atoms with Crippen LogP contribution in [0.25, 0.3) is 0 Å². The molecule has 0 aliphatic heterocycles. The molecule has 132 valence electrons. The highest BCUT2D eigenvalue weighted by molar-refractivity contribution is 7.99. The molecule has 0 saturated heterocycles. The summed E-state index contributed by atoms with van der Waals surface area (Å²) in [7, 11) is 1.91. The topological polar surface area (TPSA) is 59.8 Å². The first kappa shape index (κ1) is 16.8. The smallest absolute Gasteiger partial charge is 0.255 e. The van der Waals surface area contributed by atoms with Gasteiger partial charge in [0.1, 0.15) is 6.33 Å². The molecule has 1 aliphatic rings. The number of amides is 1. The van der Waals surface area contributed by atoms with Crippen LogP contribution >= 0.6 is 11.8 Å². The molecule has 5 nitrogen and oxygen atoms in total. The van der Waals surface area contributed by atoms with Gasteiger partial charge >= 0.3 is 0 Å². The molecule has 1 aliphatic carbocycles. The van der Waals surface area contributed by atoms with Crippen molar-refractivity contribution in [3.63, 3.8) is 0 Å². The second-order valence-electron chi connectivity index (χ2n) is 6.50. The summed E-state index contributed by atoms with van der Waals surface area (Å²) in [5, 5.41) is 11.7. The molecule has 0 radical (unpaired) electrons. The van der Waals surface area contributed by atoms with Crippen molar-refractivity contribution < 1.29 is 4.79 Å². The van der Waals surface area contributed by atoms with Crippen LogP contribution in [0.4, 0.5) is 5.69 Å². The van der Waals surface area contributed by atoms with Gasteiger partial charge in [-0.25, -0.2) is 0 Å². The Kier molecular flexibility index (Phi) is 4.75. The van der Waals surface area contributed by atoms with Crippen LogP contribution in [-0.2, 0) is 19.9 Å². The second kappa shape index (κ2) is 7.33. The van der Waals surface area contributed by atoms with E-state index in [2.05, 4.69) is 21.6 Å². The molecule has 4 rings (SSSR count). The molecule has 0 unspecified atom stereocenters. The summed E-state index contributed by atoms with van der Waals surface area (Å²) in [4.78, 5) is 13.6. The third-order valence-electron chi connectivity index (χ3n) is 4.60. The average Bonchev–Trinajstić information content (AvgIpc) is 3.07. The van der Waals surface area contributed by atoms with Gasteiger partial charge < -0.3 is 9.88 Å². The first-order valence-corrected chi connectivity index (χ1v) is 9.56. The molecule has 0 atom stereocenters. The Labute approximate surface area is 156 Å². The van der Waals surface area contributed by atoms with Gasteiger partial charge in [0, 0.05) is 23.2 Å². The Morgan fingerprint density at radius 2 is 1.85 bits per heavy atom. The Bertz CT molecular complexity index is 933. The quantitative estimate of drug-likeness (QED) is 0.757. The van der Waals surface area contributed by atoms with Crippen LogP contribution in [-0.4, -0.2) is 20.7 Å². The minimum Gasteiger partial charge on any atom is -0.322 e. The summed E-state index contributed by atoms with van der Waals surface area (Å²) in [6.07, 6.45) is 6.34. The second-order valence-corrected chi connectivity index (χ2v) is 7.54. The highest BCUT2D eigenvalue weighted by Crippen LogP contribution is 2.27. The molecule has 1 aromatic heterocycles. The maximum Gasteiger partial charge on any atom is 0.255 e. The van der Waals surface area contributed by atoms with Crippen molar-refractivity contribution in [3.8, 4) is 0 Å². The van der Waals surface area contributed by atoms with Crippen molar-refractivity contribution in [2.24, 2.45) is 7.05 Å². The van der Waals surface area contributed by atoms with E-state index in [9.17, 15) is 4.79 Å². The van der Waals surface area contributed by atoms with Gasteiger partial charge in [0.2, 0.25) is 0 Å². The number of nitrogens with one attached hydrogen (secondary N) is 1. The predicted molar refractivity (Wildman–Crippen MR) is 103 cm³/mol. The normalized spacial score (nSPS) is 13.3. The van der Waals surface area contributed by atoms with Crippen LogP contribution < -0.4 is 5.32 Å². The summed E-state index contributed by atoms with van der Waals surface area (Å²) >= 11 is 1.54. The Morgan fingerprint density at radius 1 is 1.08 bits per heavy atom. The summed E-state index contributed by atoms with van der Waals surface area (Å²) in [6, 6.07) is 13.8. The van der Waals surface area contributed by atoms with Gasteiger partial charge in [-0.05, 0) is 85.0 Å². The molecule has 0 bridgehead atoms. The number of rotatable bonds is 4. The number of nitrogens with zero attached hydrogens (tertiary/aromatic N) is 3. The largest absolute Gasteiger partial charge is 0.322 e. The fraction of sp³-hybridized carbons (Fsp3) is 0.250. The van der Waals surface area contributed by atoms with Crippen LogP contribution in [0.3, 0.4) is 0 Å². The van der Waals surface area contributed by atoms with Crippen LogP contribution in [0.2, 0.25) is 0 Å². The summed E-state index contributed by atoms with van der Waals surface area (Å²) in [5.41, 5.74) is 4.22. The van der Waals surface area contributed by atoms with Crippen molar-refractivity contribution >= 4 is 23.4 Å². The fourth-order valence-corrected chi connectivity index (χ4v) is 3.92. The van der Waals surface area contributed by atoms with Crippen LogP contribution in [0, 0.1) is 0 Å². The number of fused-ring (bicyclic) bond motifs is 1. The van der Waals surface area contributed by atoms with E-state index in [1.807, 2.05) is 48.0 Å². The number of anilines is 1. The highest BCUT2D eigenvalue weighted by atomic mass is 32.2. The van der Waals surface area contributed by atoms with E-state index in [1.165, 1.54) is 35.7 Å². The molecule has 2 aromatic carbocycles. The van der Waals surface area contributed by atoms with E-state index in [4.69, 9.17) is 0 Å². The van der Waals surface area contributed by atoms with E-state index in [0.29, 0.717) is 0 Å². The maximum atomic E-state index is 12.5. The summed E-state index contributed by atoms with van der Waals surface area (Å²) < 4.78 is 1.87. The van der Waals surface area contributed by atoms with E-state index < -0.39 is 0 Å². The first-order chi connectivity index (χ1) is 12.7. The van der Waals surface area contributed by atoms with Gasteiger partial charge in [0.05, 0.1) is 0 Å². The third kappa shape index (κ3) is 3.65. The minimum absolute atomic E-state index is 0.0629. The molecule has 1 amide bonds. The van der Waals surface area contributed by atoms with E-state index in [1.54, 1.807) is 6.33 Å². The van der Waals surface area contributed by atoms with Gasteiger partial charge in [-0.2, -0.15) is 0 Å². The SMILES string of the molecule is Cn1cnnc1Sc1ccc(NC(=O)c2ccc3c(c2)CCCC3)cc1. The fourth-order valence-electron chi connectivity index (χ4n) is 3.15. The molecule has 1 heterocycles. The van der Waals surface area contributed by atoms with Gasteiger partial charge in [0.25, 0.3) is 5.91 Å². The Hall–Kier alpha value is -2.60. The lowest BCUT2D eigenvalue weighted by Crippen LogP contribution is -2.13. The monoisotopic (exact) mass is 364 g/mol. The average molecular weight is 364 g/mol. The van der Waals surface area contributed by atoms with Gasteiger partial charge in [0.15, 0.2) is 5.16 Å². The molecule has 0 spiro atoms. The van der Waals surface area contributed by atoms with Crippen molar-refractivity contribution in [3.05, 3.63) is 65.5 Å². The van der Waals surface area contributed by atoms with E-state index >= 15 is 0 Å². The number of carbonyl (C=O) groups excluding carboxylic acids is 1. The van der Waals surface area contributed by atoms with Crippen LogP contribution in [0.1, 0.15) is 34.3 Å². The molecule has 26 heavy (non-hydrogen) atoms. The third-order valence-corrected chi connectivity index (χ3v) is 5.66. The standard InChI is InChI=1S/C20H20N4OS/c1-24-13-21-23-20(24)26-18-10-8-17(9-11-18)22-19(25)16-7-6-14-4-2-3-5-15(14)12-16/h6-13H,2-5H2,1H3,(H,22,25). The molecule has 1 N–H and O–H groups in total. The Balaban J connectivity index is 1.43.